The van der Waals surface area contributed by atoms with Gasteiger partial charge in [0.2, 0.25) is 0 Å². The van der Waals surface area contributed by atoms with E-state index in [0.29, 0.717) is 15.7 Å². The second kappa shape index (κ2) is 5.69. The molecule has 0 bridgehead atoms. The Hall–Kier alpha value is -1.36. The normalized spacial score (nSPS) is 15.5. The molecule has 0 saturated heterocycles. The number of halogens is 2. The fourth-order valence-corrected chi connectivity index (χ4v) is 4.24. The summed E-state index contributed by atoms with van der Waals surface area (Å²) >= 11 is 13.6. The van der Waals surface area contributed by atoms with Crippen molar-refractivity contribution in [3.63, 3.8) is 0 Å². The lowest BCUT2D eigenvalue weighted by Crippen LogP contribution is -2.45. The molecule has 0 spiro atoms. The van der Waals surface area contributed by atoms with Crippen LogP contribution in [0, 0.1) is 0 Å². The highest BCUT2D eigenvalue weighted by Gasteiger charge is 2.40. The van der Waals surface area contributed by atoms with Gasteiger partial charge >= 0.3 is 6.03 Å². The molecule has 1 aliphatic heterocycles. The van der Waals surface area contributed by atoms with Crippen LogP contribution < -0.4 is 10.2 Å². The highest BCUT2D eigenvalue weighted by atomic mass is 35.5. The van der Waals surface area contributed by atoms with E-state index in [2.05, 4.69) is 5.32 Å². The predicted octanol–water partition coefficient (Wildman–Crippen LogP) is 5.87. The molecule has 0 aliphatic carbocycles. The number of carbonyl (C=O) groups is 1. The average molecular weight is 353 g/mol. The number of fused-ring (bicyclic) bond motifs is 1. The zero-order valence-electron chi connectivity index (χ0n) is 12.1. The summed E-state index contributed by atoms with van der Waals surface area (Å²) in [5, 5.41) is 3.84. The quantitative estimate of drug-likeness (QED) is 0.695. The topological polar surface area (TPSA) is 32.3 Å². The van der Waals surface area contributed by atoms with Gasteiger partial charge in [-0.05, 0) is 44.2 Å². The van der Waals surface area contributed by atoms with Gasteiger partial charge in [0, 0.05) is 20.6 Å². The molecule has 6 heteroatoms. The molecule has 3 rings (SSSR count). The molecule has 1 heterocycles. The van der Waals surface area contributed by atoms with E-state index in [4.69, 9.17) is 23.2 Å². The number of benzene rings is 2. The van der Waals surface area contributed by atoms with Gasteiger partial charge in [0.25, 0.3) is 0 Å². The largest absolute Gasteiger partial charge is 0.327 e. The molecule has 3 nitrogen and oxygen atoms in total. The average Bonchev–Trinajstić information content (AvgIpc) is 2.66. The minimum Gasteiger partial charge on any atom is -0.307 e. The summed E-state index contributed by atoms with van der Waals surface area (Å²) in [6.07, 6.45) is 0. The number of thioether (sulfide) groups is 1. The molecule has 22 heavy (non-hydrogen) atoms. The van der Waals surface area contributed by atoms with Crippen LogP contribution in [0.3, 0.4) is 0 Å². The van der Waals surface area contributed by atoms with Gasteiger partial charge in [-0.1, -0.05) is 47.1 Å². The first-order valence-corrected chi connectivity index (χ1v) is 8.29. The molecule has 1 aliphatic rings. The van der Waals surface area contributed by atoms with Crippen molar-refractivity contribution >= 4 is 52.4 Å². The lowest BCUT2D eigenvalue weighted by Gasteiger charge is -2.31. The minimum atomic E-state index is -0.365. The summed E-state index contributed by atoms with van der Waals surface area (Å²) in [7, 11) is 0. The van der Waals surface area contributed by atoms with Gasteiger partial charge in [-0.25, -0.2) is 4.79 Å². The fourth-order valence-electron chi connectivity index (χ4n) is 2.49. The van der Waals surface area contributed by atoms with Crippen molar-refractivity contribution in [2.45, 2.75) is 23.6 Å². The van der Waals surface area contributed by atoms with Gasteiger partial charge in [0.15, 0.2) is 0 Å². The smallest absolute Gasteiger partial charge is 0.307 e. The molecule has 0 fully saturated rings. The second-order valence-electron chi connectivity index (χ2n) is 5.44. The Kier molecular flexibility index (Phi) is 4.02. The van der Waals surface area contributed by atoms with E-state index in [1.807, 2.05) is 38.1 Å². The van der Waals surface area contributed by atoms with E-state index in [1.54, 1.807) is 34.9 Å². The number of rotatable bonds is 1. The van der Waals surface area contributed by atoms with E-state index in [0.717, 1.165) is 10.6 Å². The van der Waals surface area contributed by atoms with Crippen LogP contribution in [0.1, 0.15) is 13.8 Å². The number of nitrogens with one attached hydrogen (secondary N) is 1. The van der Waals surface area contributed by atoms with E-state index < -0.39 is 0 Å². The number of carbonyl (C=O) groups excluding carboxylic acids is 1. The maximum absolute atomic E-state index is 12.7. The van der Waals surface area contributed by atoms with E-state index >= 15 is 0 Å². The number of para-hydroxylation sites is 1. The van der Waals surface area contributed by atoms with Gasteiger partial charge in [-0.2, -0.15) is 0 Å². The summed E-state index contributed by atoms with van der Waals surface area (Å²) in [5.41, 5.74) is 1.48. The molecule has 114 valence electrons. The summed E-state index contributed by atoms with van der Waals surface area (Å²) in [5.74, 6) is 0. The van der Waals surface area contributed by atoms with Gasteiger partial charge in [-0.15, -0.1) is 0 Å². The Morgan fingerprint density at radius 2 is 1.77 bits per heavy atom. The molecule has 2 aromatic carbocycles. The van der Waals surface area contributed by atoms with Crippen LogP contribution >= 0.6 is 35.0 Å². The van der Waals surface area contributed by atoms with E-state index in [9.17, 15) is 4.79 Å². The molecule has 0 aromatic heterocycles. The molecule has 1 N–H and O–H groups in total. The summed E-state index contributed by atoms with van der Waals surface area (Å²) in [6.45, 7) is 4.03. The molecule has 2 aromatic rings. The Balaban J connectivity index is 1.91. The second-order valence-corrected chi connectivity index (χ2v) is 7.96. The molecule has 0 unspecified atom stereocenters. The van der Waals surface area contributed by atoms with Crippen LogP contribution in [0.2, 0.25) is 10.0 Å². The minimum absolute atomic E-state index is 0.208. The summed E-state index contributed by atoms with van der Waals surface area (Å²) in [4.78, 5) is 15.2. The van der Waals surface area contributed by atoms with E-state index in [-0.39, 0.29) is 10.9 Å². The molecular formula is C16H14Cl2N2OS. The maximum atomic E-state index is 12.7. The van der Waals surface area contributed by atoms with Crippen molar-refractivity contribution in [3.05, 3.63) is 52.5 Å². The van der Waals surface area contributed by atoms with Crippen LogP contribution in [0.4, 0.5) is 16.2 Å². The first-order chi connectivity index (χ1) is 10.4. The van der Waals surface area contributed by atoms with Gasteiger partial charge < -0.3 is 5.32 Å². The molecular weight excluding hydrogens is 339 g/mol. The third kappa shape index (κ3) is 2.91. The van der Waals surface area contributed by atoms with Crippen molar-refractivity contribution in [2.24, 2.45) is 0 Å². The molecule has 2 amide bonds. The maximum Gasteiger partial charge on any atom is 0.327 e. The zero-order valence-corrected chi connectivity index (χ0v) is 14.4. The lowest BCUT2D eigenvalue weighted by atomic mass is 10.2. The molecule has 0 atom stereocenters. The van der Waals surface area contributed by atoms with Crippen LogP contribution in [0.15, 0.2) is 47.4 Å². The molecule has 0 saturated carbocycles. The number of amides is 2. The standard InChI is InChI=1S/C16H14Cl2N2OS/c1-16(2)20(13-5-3-4-6-14(13)22-16)15(21)19-12-8-10(17)7-11(18)9-12/h3-9H,1-2H3,(H,19,21). The third-order valence-corrected chi connectivity index (χ3v) is 5.00. The number of anilines is 2. The van der Waals surface area contributed by atoms with Gasteiger partial charge in [-0.3, -0.25) is 4.90 Å². The Bertz CT molecular complexity index is 728. The Labute approximate surface area is 143 Å². The highest BCUT2D eigenvalue weighted by molar-refractivity contribution is 8.01. The van der Waals surface area contributed by atoms with Crippen molar-refractivity contribution in [2.75, 3.05) is 10.2 Å². The first-order valence-electron chi connectivity index (χ1n) is 6.72. The number of nitrogens with zero attached hydrogens (tertiary/aromatic N) is 1. The van der Waals surface area contributed by atoms with Gasteiger partial charge in [0.1, 0.15) is 0 Å². The van der Waals surface area contributed by atoms with Crippen LogP contribution in [0.5, 0.6) is 0 Å². The Morgan fingerprint density at radius 3 is 2.45 bits per heavy atom. The zero-order chi connectivity index (χ0) is 15.9. The lowest BCUT2D eigenvalue weighted by molar-refractivity contribution is 0.255. The van der Waals surface area contributed by atoms with Gasteiger partial charge in [0.05, 0.1) is 10.6 Å². The fraction of sp³-hybridized carbons (Fsp3) is 0.188. The monoisotopic (exact) mass is 352 g/mol. The summed E-state index contributed by atoms with van der Waals surface area (Å²) < 4.78 is 0. The van der Waals surface area contributed by atoms with Crippen molar-refractivity contribution in [3.8, 4) is 0 Å². The van der Waals surface area contributed by atoms with Crippen LogP contribution in [-0.4, -0.2) is 10.9 Å². The van der Waals surface area contributed by atoms with Crippen LogP contribution in [0.25, 0.3) is 0 Å². The highest BCUT2D eigenvalue weighted by Crippen LogP contribution is 2.49. The predicted molar refractivity (Wildman–Crippen MR) is 94.3 cm³/mol. The molecule has 0 radical (unpaired) electrons. The van der Waals surface area contributed by atoms with Crippen LogP contribution in [-0.2, 0) is 0 Å². The van der Waals surface area contributed by atoms with Crippen molar-refractivity contribution in [1.29, 1.82) is 0 Å². The van der Waals surface area contributed by atoms with Crippen molar-refractivity contribution in [1.82, 2.24) is 0 Å². The summed E-state index contributed by atoms with van der Waals surface area (Å²) in [6, 6.07) is 12.6. The Morgan fingerprint density at radius 1 is 1.14 bits per heavy atom. The SMILES string of the molecule is CC1(C)Sc2ccccc2N1C(=O)Nc1cc(Cl)cc(Cl)c1. The number of hydrogen-bond donors (Lipinski definition) is 1. The van der Waals surface area contributed by atoms with Crippen molar-refractivity contribution < 1.29 is 4.79 Å². The first kappa shape index (κ1) is 15.5. The third-order valence-electron chi connectivity index (χ3n) is 3.32. The number of hydrogen-bond acceptors (Lipinski definition) is 2. The van der Waals surface area contributed by atoms with E-state index in [1.165, 1.54) is 0 Å². The number of urea groups is 1.